The van der Waals surface area contributed by atoms with Crippen molar-refractivity contribution in [2.45, 2.75) is 85.7 Å². The van der Waals surface area contributed by atoms with Gasteiger partial charge in [-0.15, -0.1) is 0 Å². The average Bonchev–Trinajstić information content (AvgIpc) is 3.00. The number of phenolic OH excluding ortho intramolecular Hbond substituents is 1. The standard InChI is InChI=1S/C42H46O7/c1-21(2)29-18-27(17-23(5)16-26-14-11-13-25-12-9-10-15-28(25)26)35(44)32-30(29)19-40(7)20-41(8)33(22(3)4)36(45)31(24(6)43)38(47)42(41,49)39(48)34(40)37(32)46/h9-15,18,21-22,33,44,46-47,49H,5,16-17,19-20H2,1-4,6-8H3/t33?,40-,41-,42+/m1/s1. The van der Waals surface area contributed by atoms with Crippen molar-refractivity contribution in [2.24, 2.45) is 22.7 Å². The fraction of sp³-hybridized carbons (Fsp3) is 0.405. The largest absolute Gasteiger partial charge is 0.508 e. The molecule has 0 radical (unpaired) electrons. The highest BCUT2D eigenvalue weighted by atomic mass is 16.3. The Balaban J connectivity index is 1.50. The van der Waals surface area contributed by atoms with Gasteiger partial charge in [0.2, 0.25) is 5.78 Å². The molecule has 256 valence electrons. The van der Waals surface area contributed by atoms with Gasteiger partial charge in [0, 0.05) is 22.3 Å². The number of carbonyl (C=O) groups is 3. The monoisotopic (exact) mass is 662 g/mol. The minimum absolute atomic E-state index is 0.00559. The Bertz CT molecular complexity index is 2040. The average molecular weight is 663 g/mol. The molecule has 1 fully saturated rings. The van der Waals surface area contributed by atoms with E-state index in [1.54, 1.807) is 20.8 Å². The Morgan fingerprint density at radius 3 is 2.22 bits per heavy atom. The van der Waals surface area contributed by atoms with E-state index in [0.717, 1.165) is 34.4 Å². The number of Topliss-reactive ketones (excluding diaryl/α,β-unsaturated/α-hetero) is 3. The zero-order valence-electron chi connectivity index (χ0n) is 29.4. The van der Waals surface area contributed by atoms with Gasteiger partial charge in [-0.05, 0) is 77.5 Å². The van der Waals surface area contributed by atoms with Crippen molar-refractivity contribution in [2.75, 3.05) is 0 Å². The van der Waals surface area contributed by atoms with Crippen LogP contribution in [0, 0.1) is 22.7 Å². The summed E-state index contributed by atoms with van der Waals surface area (Å²) in [6.07, 6.45) is 1.21. The first-order valence-corrected chi connectivity index (χ1v) is 17.1. The quantitative estimate of drug-likeness (QED) is 0.150. The first-order chi connectivity index (χ1) is 22.9. The molecular weight excluding hydrogens is 616 g/mol. The van der Waals surface area contributed by atoms with Gasteiger partial charge in [0.15, 0.2) is 17.2 Å². The van der Waals surface area contributed by atoms with E-state index < -0.39 is 56.8 Å². The zero-order valence-corrected chi connectivity index (χ0v) is 29.4. The van der Waals surface area contributed by atoms with Crippen molar-refractivity contribution >= 4 is 33.9 Å². The summed E-state index contributed by atoms with van der Waals surface area (Å²) in [7, 11) is 0. The Kier molecular flexibility index (Phi) is 8.10. The summed E-state index contributed by atoms with van der Waals surface area (Å²) in [5.74, 6) is -5.22. The predicted molar refractivity (Wildman–Crippen MR) is 190 cm³/mol. The molecule has 0 aliphatic heterocycles. The first kappa shape index (κ1) is 34.4. The van der Waals surface area contributed by atoms with E-state index >= 15 is 0 Å². The molecule has 49 heavy (non-hydrogen) atoms. The molecule has 1 unspecified atom stereocenters. The molecule has 0 heterocycles. The second-order valence-electron chi connectivity index (χ2n) is 15.7. The fourth-order valence-electron chi connectivity index (χ4n) is 9.57. The Hall–Kier alpha value is -4.49. The number of benzene rings is 3. The SMILES string of the molecule is C=C(Cc1cc(C(C)C)c2c(c1O)C(O)=C1C(=O)[C@@]3(O)C(O)=C(C(C)=O)C(=O)C(C(C)C)[C@@]3(C)C[C@@]1(C)C2)Cc1cccc2ccccc12. The summed E-state index contributed by atoms with van der Waals surface area (Å²) >= 11 is 0. The van der Waals surface area contributed by atoms with Crippen molar-refractivity contribution in [1.82, 2.24) is 0 Å². The molecule has 3 aromatic rings. The molecule has 0 saturated heterocycles. The summed E-state index contributed by atoms with van der Waals surface area (Å²) in [4.78, 5) is 41.2. The molecule has 4 atom stereocenters. The maximum atomic E-state index is 14.7. The molecule has 7 heteroatoms. The summed E-state index contributed by atoms with van der Waals surface area (Å²) in [5.41, 5.74) is -1.63. The molecule has 3 aliphatic rings. The van der Waals surface area contributed by atoms with Crippen LogP contribution in [0.3, 0.4) is 0 Å². The molecule has 3 aromatic carbocycles. The molecule has 0 bridgehead atoms. The van der Waals surface area contributed by atoms with Gasteiger partial charge in [-0.25, -0.2) is 0 Å². The van der Waals surface area contributed by atoms with Gasteiger partial charge in [-0.3, -0.25) is 14.4 Å². The fourth-order valence-corrected chi connectivity index (χ4v) is 9.57. The van der Waals surface area contributed by atoms with Gasteiger partial charge < -0.3 is 20.4 Å². The molecule has 3 aliphatic carbocycles. The van der Waals surface area contributed by atoms with Gasteiger partial charge in [0.1, 0.15) is 22.8 Å². The number of hydrogen-bond donors (Lipinski definition) is 4. The van der Waals surface area contributed by atoms with E-state index in [1.165, 1.54) is 0 Å². The molecule has 6 rings (SSSR count). The van der Waals surface area contributed by atoms with Crippen LogP contribution in [-0.2, 0) is 33.6 Å². The third kappa shape index (κ3) is 4.84. The van der Waals surface area contributed by atoms with Crippen molar-refractivity contribution in [3.05, 3.63) is 105 Å². The summed E-state index contributed by atoms with van der Waals surface area (Å²) in [6.45, 7) is 16.6. The predicted octanol–water partition coefficient (Wildman–Crippen LogP) is 7.81. The van der Waals surface area contributed by atoms with Crippen molar-refractivity contribution in [1.29, 1.82) is 0 Å². The molecule has 4 N–H and O–H groups in total. The summed E-state index contributed by atoms with van der Waals surface area (Å²) in [5, 5.41) is 50.1. The van der Waals surface area contributed by atoms with Crippen molar-refractivity contribution in [3.8, 4) is 5.75 Å². The smallest absolute Gasteiger partial charge is 0.203 e. The number of carbonyl (C=O) groups excluding carboxylic acids is 3. The number of aliphatic hydroxyl groups is 3. The third-order valence-corrected chi connectivity index (χ3v) is 11.5. The number of phenols is 1. The van der Waals surface area contributed by atoms with Crippen LogP contribution in [0.4, 0.5) is 0 Å². The highest BCUT2D eigenvalue weighted by molar-refractivity contribution is 6.24. The molecule has 7 nitrogen and oxygen atoms in total. The second kappa shape index (κ2) is 11.5. The number of hydrogen-bond acceptors (Lipinski definition) is 7. The number of allylic oxidation sites excluding steroid dienone is 2. The lowest BCUT2D eigenvalue weighted by Crippen LogP contribution is -2.69. The van der Waals surface area contributed by atoms with Crippen LogP contribution in [0.15, 0.2) is 77.6 Å². The van der Waals surface area contributed by atoms with E-state index in [1.807, 2.05) is 45.0 Å². The maximum Gasteiger partial charge on any atom is 0.203 e. The topological polar surface area (TPSA) is 132 Å². The Morgan fingerprint density at radius 2 is 1.59 bits per heavy atom. The first-order valence-electron chi connectivity index (χ1n) is 17.1. The van der Waals surface area contributed by atoms with E-state index in [9.17, 15) is 34.8 Å². The van der Waals surface area contributed by atoms with E-state index in [4.69, 9.17) is 0 Å². The molecular formula is C42H46O7. The van der Waals surface area contributed by atoms with Gasteiger partial charge in [0.05, 0.1) is 5.56 Å². The van der Waals surface area contributed by atoms with Gasteiger partial charge in [-0.1, -0.05) is 102 Å². The zero-order chi connectivity index (χ0) is 36.0. The molecule has 0 amide bonds. The van der Waals surface area contributed by atoms with E-state index in [-0.39, 0.29) is 41.6 Å². The van der Waals surface area contributed by atoms with Crippen molar-refractivity contribution in [3.63, 3.8) is 0 Å². The lowest BCUT2D eigenvalue weighted by Gasteiger charge is -2.60. The number of rotatable bonds is 7. The van der Waals surface area contributed by atoms with E-state index in [2.05, 4.69) is 30.8 Å². The van der Waals surface area contributed by atoms with Gasteiger partial charge in [-0.2, -0.15) is 0 Å². The van der Waals surface area contributed by atoms with Crippen LogP contribution in [0.25, 0.3) is 16.5 Å². The van der Waals surface area contributed by atoms with Crippen molar-refractivity contribution < 1.29 is 34.8 Å². The number of aliphatic hydroxyl groups excluding tert-OH is 2. The lowest BCUT2D eigenvalue weighted by atomic mass is 9.43. The normalized spacial score (nSPS) is 26.7. The van der Waals surface area contributed by atoms with Gasteiger partial charge >= 0.3 is 0 Å². The number of aromatic hydroxyl groups is 1. The third-order valence-electron chi connectivity index (χ3n) is 11.5. The highest BCUT2D eigenvalue weighted by Gasteiger charge is 2.72. The Morgan fingerprint density at radius 1 is 0.959 bits per heavy atom. The summed E-state index contributed by atoms with van der Waals surface area (Å²) in [6, 6.07) is 16.2. The second-order valence-corrected chi connectivity index (χ2v) is 15.7. The molecule has 0 spiro atoms. The highest BCUT2D eigenvalue weighted by Crippen LogP contribution is 2.65. The lowest BCUT2D eigenvalue weighted by molar-refractivity contribution is -0.178. The minimum atomic E-state index is -2.64. The number of fused-ring (bicyclic) bond motifs is 4. The minimum Gasteiger partial charge on any atom is -0.508 e. The summed E-state index contributed by atoms with van der Waals surface area (Å²) < 4.78 is 0. The van der Waals surface area contributed by atoms with Crippen LogP contribution >= 0.6 is 0 Å². The maximum absolute atomic E-state index is 14.7. The van der Waals surface area contributed by atoms with Crippen LogP contribution in [0.2, 0.25) is 0 Å². The van der Waals surface area contributed by atoms with Crippen LogP contribution in [0.5, 0.6) is 5.75 Å². The van der Waals surface area contributed by atoms with Gasteiger partial charge in [0.25, 0.3) is 0 Å². The van der Waals surface area contributed by atoms with E-state index in [0.29, 0.717) is 24.0 Å². The molecule has 1 saturated carbocycles. The van der Waals surface area contributed by atoms with Crippen LogP contribution in [-0.4, -0.2) is 43.4 Å². The number of ketones is 3. The van der Waals surface area contributed by atoms with Crippen LogP contribution < -0.4 is 0 Å². The molecule has 0 aromatic heterocycles. The van der Waals surface area contributed by atoms with Crippen LogP contribution in [0.1, 0.15) is 88.6 Å². The Labute approximate surface area is 287 Å².